The summed E-state index contributed by atoms with van der Waals surface area (Å²) in [5, 5.41) is 7.09. The van der Waals surface area contributed by atoms with Crippen molar-refractivity contribution in [3.63, 3.8) is 0 Å². The molecule has 1 N–H and O–H groups in total. The Morgan fingerprint density at radius 1 is 1.23 bits per heavy atom. The van der Waals surface area contributed by atoms with E-state index in [-0.39, 0.29) is 17.9 Å². The van der Waals surface area contributed by atoms with Gasteiger partial charge in [-0.1, -0.05) is 12.1 Å². The van der Waals surface area contributed by atoms with Gasteiger partial charge in [-0.2, -0.15) is 5.10 Å². The van der Waals surface area contributed by atoms with E-state index in [1.807, 2.05) is 13.0 Å². The third kappa shape index (κ3) is 5.65. The van der Waals surface area contributed by atoms with Crippen LogP contribution < -0.4 is 5.32 Å². The smallest absolute Gasteiger partial charge is 0.354 e. The van der Waals surface area contributed by atoms with E-state index in [2.05, 4.69) is 22.0 Å². The molecule has 10 nitrogen and oxygen atoms in total. The molecule has 0 aliphatic rings. The first-order valence-corrected chi connectivity index (χ1v) is 11.2. The number of hydrogen-bond donors (Lipinski definition) is 1. The zero-order valence-corrected chi connectivity index (χ0v) is 20.4. The third-order valence-electron chi connectivity index (χ3n) is 5.65. The molecule has 0 saturated heterocycles. The van der Waals surface area contributed by atoms with Crippen LogP contribution in [0.3, 0.4) is 0 Å². The van der Waals surface area contributed by atoms with Crippen LogP contribution in [0, 0.1) is 6.92 Å². The van der Waals surface area contributed by atoms with Crippen LogP contribution in [0.4, 0.5) is 5.82 Å². The predicted molar refractivity (Wildman–Crippen MR) is 131 cm³/mol. The van der Waals surface area contributed by atoms with E-state index < -0.39 is 23.8 Å². The van der Waals surface area contributed by atoms with Gasteiger partial charge >= 0.3 is 5.97 Å². The Hall–Kier alpha value is -4.21. The van der Waals surface area contributed by atoms with Crippen LogP contribution in [0.25, 0.3) is 0 Å². The highest BCUT2D eigenvalue weighted by molar-refractivity contribution is 6.01. The molecule has 0 aromatic carbocycles. The fraction of sp³-hybridized carbons (Fsp3) is 0.320. The minimum Gasteiger partial charge on any atom is -0.464 e. The summed E-state index contributed by atoms with van der Waals surface area (Å²) in [6, 6.07) is 7.35. The highest BCUT2D eigenvalue weighted by atomic mass is 16.5. The van der Waals surface area contributed by atoms with Gasteiger partial charge in [-0.05, 0) is 49.6 Å². The number of unbranched alkanes of at least 4 members (excludes halogenated alkanes) is 1. The first kappa shape index (κ1) is 25.4. The SMILES string of the molecule is C=CCCCN(C(=O)c1ccn(C)n1)C(C(=O)Nc1ncccc1C)c1ccc(C(=O)OC)n1C. The van der Waals surface area contributed by atoms with Crippen molar-refractivity contribution >= 4 is 23.6 Å². The molecule has 10 heteroatoms. The Kier molecular flexibility index (Phi) is 8.19. The number of aryl methyl sites for hydroxylation is 2. The van der Waals surface area contributed by atoms with Gasteiger partial charge in [-0.3, -0.25) is 14.3 Å². The van der Waals surface area contributed by atoms with Crippen molar-refractivity contribution in [2.24, 2.45) is 14.1 Å². The molecule has 35 heavy (non-hydrogen) atoms. The number of carbonyl (C=O) groups is 3. The summed E-state index contributed by atoms with van der Waals surface area (Å²) in [5.41, 5.74) is 1.68. The lowest BCUT2D eigenvalue weighted by atomic mass is 10.1. The molecule has 3 rings (SSSR count). The van der Waals surface area contributed by atoms with E-state index in [0.717, 1.165) is 5.56 Å². The maximum atomic E-state index is 13.8. The lowest BCUT2D eigenvalue weighted by molar-refractivity contribution is -0.121. The van der Waals surface area contributed by atoms with Crippen LogP contribution in [0.5, 0.6) is 0 Å². The zero-order valence-electron chi connectivity index (χ0n) is 20.4. The van der Waals surface area contributed by atoms with Crippen LogP contribution in [0.2, 0.25) is 0 Å². The lowest BCUT2D eigenvalue weighted by Crippen LogP contribution is -2.43. The number of rotatable bonds is 10. The number of anilines is 1. The number of aromatic nitrogens is 4. The summed E-state index contributed by atoms with van der Waals surface area (Å²) < 4.78 is 7.96. The number of ether oxygens (including phenoxy) is 1. The summed E-state index contributed by atoms with van der Waals surface area (Å²) in [6.07, 6.45) is 6.24. The van der Waals surface area contributed by atoms with Gasteiger partial charge in [0.2, 0.25) is 0 Å². The molecule has 1 unspecified atom stereocenters. The maximum Gasteiger partial charge on any atom is 0.354 e. The van der Waals surface area contributed by atoms with Gasteiger partial charge in [0.05, 0.1) is 12.8 Å². The second-order valence-corrected chi connectivity index (χ2v) is 8.06. The van der Waals surface area contributed by atoms with E-state index in [0.29, 0.717) is 24.4 Å². The molecular weight excluding hydrogens is 448 g/mol. The molecule has 2 amide bonds. The first-order chi connectivity index (χ1) is 16.8. The molecule has 1 atom stereocenters. The van der Waals surface area contributed by atoms with Crippen LogP contribution >= 0.6 is 0 Å². The van der Waals surface area contributed by atoms with Crippen LogP contribution in [0.1, 0.15) is 51.1 Å². The molecule has 0 bridgehead atoms. The van der Waals surface area contributed by atoms with Gasteiger partial charge in [0, 0.05) is 33.0 Å². The first-order valence-electron chi connectivity index (χ1n) is 11.2. The van der Waals surface area contributed by atoms with Gasteiger partial charge in [0.15, 0.2) is 6.04 Å². The van der Waals surface area contributed by atoms with E-state index >= 15 is 0 Å². The topological polar surface area (TPSA) is 111 Å². The Morgan fingerprint density at radius 2 is 2.00 bits per heavy atom. The van der Waals surface area contributed by atoms with Crippen LogP contribution in [0.15, 0.2) is 55.4 Å². The zero-order chi connectivity index (χ0) is 25.5. The number of methoxy groups -OCH3 is 1. The number of pyridine rings is 1. The number of carbonyl (C=O) groups excluding carboxylic acids is 3. The molecule has 0 spiro atoms. The van der Waals surface area contributed by atoms with Crippen molar-refractivity contribution in [1.29, 1.82) is 0 Å². The molecular formula is C25H30N6O4. The third-order valence-corrected chi connectivity index (χ3v) is 5.65. The van der Waals surface area contributed by atoms with Gasteiger partial charge < -0.3 is 19.5 Å². The quantitative estimate of drug-likeness (QED) is 0.272. The Bertz CT molecular complexity index is 1230. The van der Waals surface area contributed by atoms with E-state index in [9.17, 15) is 14.4 Å². The number of nitrogens with one attached hydrogen (secondary N) is 1. The van der Waals surface area contributed by atoms with Gasteiger partial charge in [0.1, 0.15) is 17.2 Å². The van der Waals surface area contributed by atoms with E-state index in [1.54, 1.807) is 61.4 Å². The normalized spacial score (nSPS) is 11.5. The second kappa shape index (κ2) is 11.3. The average Bonchev–Trinajstić information content (AvgIpc) is 3.44. The summed E-state index contributed by atoms with van der Waals surface area (Å²) >= 11 is 0. The number of esters is 1. The number of hydrogen-bond acceptors (Lipinski definition) is 6. The molecule has 0 fully saturated rings. The largest absolute Gasteiger partial charge is 0.464 e. The summed E-state index contributed by atoms with van der Waals surface area (Å²) in [4.78, 5) is 45.4. The van der Waals surface area contributed by atoms with Crippen LogP contribution in [-0.2, 0) is 23.6 Å². The second-order valence-electron chi connectivity index (χ2n) is 8.06. The Morgan fingerprint density at radius 3 is 2.63 bits per heavy atom. The monoisotopic (exact) mass is 478 g/mol. The molecule has 3 aromatic rings. The molecule has 0 aliphatic heterocycles. The standard InChI is InChI=1S/C25H30N6O4/c1-6-7-8-15-31(24(33)18-13-16-29(3)28-18)21(19-11-12-20(30(19)4)25(34)35-5)23(32)27-22-17(2)10-9-14-26-22/h6,9-14,16,21H,1,7-8,15H2,2-5H3,(H,26,27,32). The van der Waals surface area contributed by atoms with Crippen molar-refractivity contribution in [3.05, 3.63) is 78.0 Å². The molecule has 0 saturated carbocycles. The highest BCUT2D eigenvalue weighted by Crippen LogP contribution is 2.27. The summed E-state index contributed by atoms with van der Waals surface area (Å²) in [5.74, 6) is -1.03. The molecule has 184 valence electrons. The molecule has 0 radical (unpaired) electrons. The number of nitrogens with zero attached hydrogens (tertiary/aromatic N) is 5. The minimum absolute atomic E-state index is 0.209. The number of allylic oxidation sites excluding steroid dienone is 1. The van der Waals surface area contributed by atoms with Crippen molar-refractivity contribution in [3.8, 4) is 0 Å². The van der Waals surface area contributed by atoms with E-state index in [4.69, 9.17) is 4.74 Å². The van der Waals surface area contributed by atoms with Crippen LogP contribution in [-0.4, -0.2) is 55.7 Å². The summed E-state index contributed by atoms with van der Waals surface area (Å²) in [6.45, 7) is 5.84. The van der Waals surface area contributed by atoms with E-state index in [1.165, 1.54) is 16.7 Å². The summed E-state index contributed by atoms with van der Waals surface area (Å²) in [7, 11) is 4.66. The van der Waals surface area contributed by atoms with Crippen molar-refractivity contribution in [2.75, 3.05) is 19.0 Å². The fourth-order valence-electron chi connectivity index (χ4n) is 3.78. The Balaban J connectivity index is 2.10. The predicted octanol–water partition coefficient (Wildman–Crippen LogP) is 3.04. The molecule has 3 heterocycles. The minimum atomic E-state index is -1.07. The van der Waals surface area contributed by atoms with Crippen molar-refractivity contribution < 1.29 is 19.1 Å². The highest BCUT2D eigenvalue weighted by Gasteiger charge is 2.35. The van der Waals surface area contributed by atoms with Gasteiger partial charge in [-0.15, -0.1) is 6.58 Å². The lowest BCUT2D eigenvalue weighted by Gasteiger charge is -2.31. The maximum absolute atomic E-state index is 13.8. The van der Waals surface area contributed by atoms with Gasteiger partial charge in [0.25, 0.3) is 11.8 Å². The van der Waals surface area contributed by atoms with Crippen molar-refractivity contribution in [1.82, 2.24) is 24.2 Å². The fourth-order valence-corrected chi connectivity index (χ4v) is 3.78. The average molecular weight is 479 g/mol. The van der Waals surface area contributed by atoms with Gasteiger partial charge in [-0.25, -0.2) is 9.78 Å². The Labute approximate surface area is 204 Å². The van der Waals surface area contributed by atoms with Crippen molar-refractivity contribution in [2.45, 2.75) is 25.8 Å². The molecule has 3 aromatic heterocycles. The molecule has 0 aliphatic carbocycles. The number of amides is 2.